The average Bonchev–Trinajstić information content (AvgIpc) is 3.31. The van der Waals surface area contributed by atoms with Gasteiger partial charge in [0.25, 0.3) is 0 Å². The smallest absolute Gasteiger partial charge is 0.239 e. The number of anilines is 1. The van der Waals surface area contributed by atoms with Gasteiger partial charge in [0.1, 0.15) is 12.4 Å². The standard InChI is InChI=1S/C19H23N5O2S2/c1-12(2)14-7-5-6-8-15(14)26-11-16-22-23-19(24(16)4)28-13(3)17(25)21-18-20-9-10-27-18/h5-10,12-13H,11H2,1-4H3,(H,20,21,25). The van der Waals surface area contributed by atoms with Crippen LogP contribution in [0.25, 0.3) is 0 Å². The van der Waals surface area contributed by atoms with Crippen LogP contribution in [0.2, 0.25) is 0 Å². The molecule has 0 spiro atoms. The number of thiazole rings is 1. The van der Waals surface area contributed by atoms with E-state index in [1.54, 1.807) is 6.20 Å². The number of carbonyl (C=O) groups excluding carboxylic acids is 1. The first-order valence-corrected chi connectivity index (χ1v) is 10.7. The highest BCUT2D eigenvalue weighted by Gasteiger charge is 2.20. The van der Waals surface area contributed by atoms with Gasteiger partial charge in [0.05, 0.1) is 5.25 Å². The minimum atomic E-state index is -0.331. The lowest BCUT2D eigenvalue weighted by molar-refractivity contribution is -0.115. The number of carbonyl (C=O) groups is 1. The molecule has 0 aliphatic heterocycles. The number of ether oxygens (including phenoxy) is 1. The summed E-state index contributed by atoms with van der Waals surface area (Å²) in [5, 5.41) is 14.0. The van der Waals surface area contributed by atoms with Crippen LogP contribution >= 0.6 is 23.1 Å². The number of nitrogens with zero attached hydrogens (tertiary/aromatic N) is 4. The van der Waals surface area contributed by atoms with Crippen LogP contribution in [0.5, 0.6) is 5.75 Å². The van der Waals surface area contributed by atoms with Gasteiger partial charge in [-0.15, -0.1) is 21.5 Å². The van der Waals surface area contributed by atoms with Crippen molar-refractivity contribution >= 4 is 34.1 Å². The van der Waals surface area contributed by atoms with Crippen LogP contribution in [0.4, 0.5) is 5.13 Å². The molecule has 3 rings (SSSR count). The molecular formula is C19H23N5O2S2. The zero-order chi connectivity index (χ0) is 20.1. The maximum absolute atomic E-state index is 12.3. The van der Waals surface area contributed by atoms with E-state index in [1.165, 1.54) is 23.1 Å². The van der Waals surface area contributed by atoms with E-state index >= 15 is 0 Å². The number of amides is 1. The number of rotatable bonds is 8. The van der Waals surface area contributed by atoms with Crippen molar-refractivity contribution in [3.05, 3.63) is 47.2 Å². The van der Waals surface area contributed by atoms with Gasteiger partial charge in [0.2, 0.25) is 5.91 Å². The molecule has 7 nitrogen and oxygen atoms in total. The molecule has 0 bridgehead atoms. The van der Waals surface area contributed by atoms with Crippen LogP contribution < -0.4 is 10.1 Å². The Bertz CT molecular complexity index is 924. The molecule has 28 heavy (non-hydrogen) atoms. The number of thioether (sulfide) groups is 1. The fourth-order valence-electron chi connectivity index (χ4n) is 2.51. The molecule has 1 atom stereocenters. The highest BCUT2D eigenvalue weighted by atomic mass is 32.2. The lowest BCUT2D eigenvalue weighted by Crippen LogP contribution is -2.22. The molecule has 148 valence electrons. The van der Waals surface area contributed by atoms with Gasteiger partial charge in [-0.2, -0.15) is 0 Å². The third kappa shape index (κ3) is 4.90. The largest absolute Gasteiger partial charge is 0.485 e. The van der Waals surface area contributed by atoms with Crippen LogP contribution in [-0.2, 0) is 18.4 Å². The van der Waals surface area contributed by atoms with Crippen molar-refractivity contribution in [3.8, 4) is 5.75 Å². The zero-order valence-corrected chi connectivity index (χ0v) is 17.9. The SMILES string of the molecule is CC(Sc1nnc(COc2ccccc2C(C)C)n1C)C(=O)Nc1nccs1. The zero-order valence-electron chi connectivity index (χ0n) is 16.2. The van der Waals surface area contributed by atoms with E-state index in [2.05, 4.69) is 40.4 Å². The fourth-order valence-corrected chi connectivity index (χ4v) is 3.87. The molecule has 2 aromatic heterocycles. The molecule has 0 aliphatic rings. The molecule has 0 fully saturated rings. The van der Waals surface area contributed by atoms with Gasteiger partial charge < -0.3 is 14.6 Å². The Morgan fingerprint density at radius 2 is 2.07 bits per heavy atom. The number of hydrogen-bond acceptors (Lipinski definition) is 7. The highest BCUT2D eigenvalue weighted by Crippen LogP contribution is 2.27. The summed E-state index contributed by atoms with van der Waals surface area (Å²) in [6.07, 6.45) is 1.66. The van der Waals surface area contributed by atoms with Crippen molar-refractivity contribution in [1.82, 2.24) is 19.7 Å². The van der Waals surface area contributed by atoms with E-state index in [0.717, 1.165) is 11.3 Å². The molecule has 1 N–H and O–H groups in total. The first kappa shape index (κ1) is 20.3. The van der Waals surface area contributed by atoms with Crippen molar-refractivity contribution in [2.24, 2.45) is 7.05 Å². The topological polar surface area (TPSA) is 81.9 Å². The number of hydrogen-bond donors (Lipinski definition) is 1. The molecule has 0 aliphatic carbocycles. The Kier molecular flexibility index (Phi) is 6.69. The van der Waals surface area contributed by atoms with Gasteiger partial charge >= 0.3 is 0 Å². The van der Waals surface area contributed by atoms with Crippen molar-refractivity contribution in [3.63, 3.8) is 0 Å². The van der Waals surface area contributed by atoms with Gasteiger partial charge in [-0.3, -0.25) is 4.79 Å². The fraction of sp³-hybridized carbons (Fsp3) is 0.368. The second-order valence-corrected chi connectivity index (χ2v) is 8.73. The summed E-state index contributed by atoms with van der Waals surface area (Å²) < 4.78 is 7.84. The van der Waals surface area contributed by atoms with E-state index in [-0.39, 0.29) is 11.2 Å². The molecular weight excluding hydrogens is 394 g/mol. The summed E-state index contributed by atoms with van der Waals surface area (Å²) >= 11 is 2.74. The van der Waals surface area contributed by atoms with Crippen LogP contribution in [0, 0.1) is 0 Å². The van der Waals surface area contributed by atoms with Crippen molar-refractivity contribution in [2.75, 3.05) is 5.32 Å². The molecule has 3 aromatic rings. The van der Waals surface area contributed by atoms with E-state index in [1.807, 2.05) is 42.1 Å². The summed E-state index contributed by atoms with van der Waals surface area (Å²) in [5.74, 6) is 1.81. The second kappa shape index (κ2) is 9.20. The van der Waals surface area contributed by atoms with Crippen molar-refractivity contribution in [1.29, 1.82) is 0 Å². The maximum atomic E-state index is 12.3. The van der Waals surface area contributed by atoms with Crippen LogP contribution in [0.1, 0.15) is 38.1 Å². The maximum Gasteiger partial charge on any atom is 0.239 e. The minimum Gasteiger partial charge on any atom is -0.485 e. The molecule has 1 unspecified atom stereocenters. The Hall–Kier alpha value is -2.39. The van der Waals surface area contributed by atoms with Gasteiger partial charge in [0.15, 0.2) is 16.1 Å². The highest BCUT2D eigenvalue weighted by molar-refractivity contribution is 8.00. The number of aromatic nitrogens is 4. The number of para-hydroxylation sites is 1. The predicted molar refractivity (Wildman–Crippen MR) is 112 cm³/mol. The molecule has 1 amide bonds. The summed E-state index contributed by atoms with van der Waals surface area (Å²) in [6, 6.07) is 8.01. The number of nitrogens with one attached hydrogen (secondary N) is 1. The monoisotopic (exact) mass is 417 g/mol. The summed E-state index contributed by atoms with van der Waals surface area (Å²) in [7, 11) is 1.88. The average molecular weight is 418 g/mol. The Morgan fingerprint density at radius 1 is 1.29 bits per heavy atom. The van der Waals surface area contributed by atoms with E-state index in [4.69, 9.17) is 4.74 Å². The molecule has 0 radical (unpaired) electrons. The molecule has 2 heterocycles. The molecule has 1 aromatic carbocycles. The number of benzene rings is 1. The first-order valence-electron chi connectivity index (χ1n) is 8.92. The normalized spacial score (nSPS) is 12.2. The van der Waals surface area contributed by atoms with E-state index in [0.29, 0.717) is 28.6 Å². The predicted octanol–water partition coefficient (Wildman–Crippen LogP) is 4.09. The summed E-state index contributed by atoms with van der Waals surface area (Å²) in [4.78, 5) is 16.4. The van der Waals surface area contributed by atoms with Crippen LogP contribution in [0.3, 0.4) is 0 Å². The van der Waals surface area contributed by atoms with Gasteiger partial charge in [-0.1, -0.05) is 43.8 Å². The molecule has 9 heteroatoms. The second-order valence-electron chi connectivity index (χ2n) is 6.53. The Balaban J connectivity index is 1.61. The van der Waals surface area contributed by atoms with Crippen molar-refractivity contribution < 1.29 is 9.53 Å². The van der Waals surface area contributed by atoms with E-state index < -0.39 is 0 Å². The third-order valence-corrected chi connectivity index (χ3v) is 5.96. The minimum absolute atomic E-state index is 0.119. The lowest BCUT2D eigenvalue weighted by Gasteiger charge is -2.13. The van der Waals surface area contributed by atoms with Gasteiger partial charge in [0, 0.05) is 18.6 Å². The molecule has 0 saturated heterocycles. The molecule has 0 saturated carbocycles. The summed E-state index contributed by atoms with van der Waals surface area (Å²) in [5.41, 5.74) is 1.16. The third-order valence-electron chi connectivity index (χ3n) is 4.14. The van der Waals surface area contributed by atoms with E-state index in [9.17, 15) is 4.79 Å². The quantitative estimate of drug-likeness (QED) is 0.556. The Labute approximate surface area is 172 Å². The summed E-state index contributed by atoms with van der Waals surface area (Å²) in [6.45, 7) is 6.42. The lowest BCUT2D eigenvalue weighted by atomic mass is 10.0. The first-order chi connectivity index (χ1) is 13.5. The van der Waals surface area contributed by atoms with Gasteiger partial charge in [-0.05, 0) is 24.5 Å². The van der Waals surface area contributed by atoms with Crippen molar-refractivity contribution in [2.45, 2.75) is 43.7 Å². The Morgan fingerprint density at radius 3 is 2.79 bits per heavy atom. The van der Waals surface area contributed by atoms with Gasteiger partial charge in [-0.25, -0.2) is 4.98 Å². The van der Waals surface area contributed by atoms with Crippen LogP contribution in [0.15, 0.2) is 41.0 Å². The van der Waals surface area contributed by atoms with Crippen LogP contribution in [-0.4, -0.2) is 30.9 Å².